The summed E-state index contributed by atoms with van der Waals surface area (Å²) in [6, 6.07) is 5.54. The van der Waals surface area contributed by atoms with Crippen molar-refractivity contribution in [2.45, 2.75) is 25.5 Å². The molecular weight excluding hydrogens is 232 g/mol. The van der Waals surface area contributed by atoms with E-state index in [4.69, 9.17) is 5.11 Å². The van der Waals surface area contributed by atoms with Gasteiger partial charge in [0.1, 0.15) is 0 Å². The summed E-state index contributed by atoms with van der Waals surface area (Å²) in [7, 11) is 0. The Hall–Kier alpha value is -1.59. The van der Waals surface area contributed by atoms with Crippen LogP contribution >= 0.6 is 0 Å². The van der Waals surface area contributed by atoms with E-state index in [1.165, 1.54) is 0 Å². The Morgan fingerprint density at radius 1 is 1.44 bits per heavy atom. The molecule has 4 N–H and O–H groups in total. The topological polar surface area (TPSA) is 81.6 Å². The molecule has 1 heterocycles. The summed E-state index contributed by atoms with van der Waals surface area (Å²) in [6.07, 6.45) is -0.802. The number of fused-ring (bicyclic) bond motifs is 1. The van der Waals surface area contributed by atoms with Crippen molar-refractivity contribution in [3.05, 3.63) is 29.3 Å². The lowest BCUT2D eigenvalue weighted by atomic mass is 9.94. The van der Waals surface area contributed by atoms with Crippen LogP contribution in [0.25, 0.3) is 0 Å². The Bertz CT molecular complexity index is 471. The number of amides is 1. The van der Waals surface area contributed by atoms with Crippen LogP contribution in [-0.4, -0.2) is 35.4 Å². The van der Waals surface area contributed by atoms with Crippen molar-refractivity contribution in [2.75, 3.05) is 18.5 Å². The van der Waals surface area contributed by atoms with Crippen molar-refractivity contribution in [3.8, 4) is 0 Å². The summed E-state index contributed by atoms with van der Waals surface area (Å²) in [6.45, 7) is 3.88. The van der Waals surface area contributed by atoms with Gasteiger partial charge in [0.15, 0.2) is 0 Å². The molecule has 5 heteroatoms. The Kier molecular flexibility index (Phi) is 3.28. The largest absolute Gasteiger partial charge is 0.394 e. The van der Waals surface area contributed by atoms with E-state index in [0.717, 1.165) is 11.3 Å². The number of carbonyl (C=O) groups is 1. The fourth-order valence-electron chi connectivity index (χ4n) is 2.11. The lowest BCUT2D eigenvalue weighted by Crippen LogP contribution is -2.32. The first-order chi connectivity index (χ1) is 8.44. The number of anilines is 1. The zero-order chi connectivity index (χ0) is 13.3. The van der Waals surface area contributed by atoms with Crippen molar-refractivity contribution in [2.24, 2.45) is 0 Å². The molecule has 0 radical (unpaired) electrons. The molecule has 98 valence electrons. The van der Waals surface area contributed by atoms with Gasteiger partial charge in [-0.3, -0.25) is 4.79 Å². The van der Waals surface area contributed by atoms with E-state index in [-0.39, 0.29) is 24.6 Å². The van der Waals surface area contributed by atoms with Gasteiger partial charge in [0.2, 0.25) is 0 Å². The van der Waals surface area contributed by atoms with Gasteiger partial charge in [0.25, 0.3) is 5.91 Å². The molecule has 1 amide bonds. The average molecular weight is 250 g/mol. The highest BCUT2D eigenvalue weighted by atomic mass is 16.3. The van der Waals surface area contributed by atoms with Crippen molar-refractivity contribution >= 4 is 11.6 Å². The number of rotatable bonds is 4. The maximum atomic E-state index is 11.8. The van der Waals surface area contributed by atoms with Crippen molar-refractivity contribution in [1.82, 2.24) is 5.32 Å². The van der Waals surface area contributed by atoms with E-state index in [0.29, 0.717) is 5.56 Å². The summed E-state index contributed by atoms with van der Waals surface area (Å²) < 4.78 is 0. The van der Waals surface area contributed by atoms with Crippen molar-refractivity contribution in [1.29, 1.82) is 0 Å². The summed E-state index contributed by atoms with van der Waals surface area (Å²) in [5.41, 5.74) is 2.05. The van der Waals surface area contributed by atoms with Gasteiger partial charge in [-0.25, -0.2) is 0 Å². The van der Waals surface area contributed by atoms with Gasteiger partial charge in [0, 0.05) is 17.8 Å². The molecule has 0 fully saturated rings. The second-order valence-corrected chi connectivity index (χ2v) is 5.06. The normalized spacial score (nSPS) is 18.1. The van der Waals surface area contributed by atoms with Crippen LogP contribution in [0.2, 0.25) is 0 Å². The molecule has 1 unspecified atom stereocenters. The first-order valence-electron chi connectivity index (χ1n) is 5.94. The van der Waals surface area contributed by atoms with Gasteiger partial charge in [-0.2, -0.15) is 0 Å². The molecule has 1 aliphatic rings. The van der Waals surface area contributed by atoms with Gasteiger partial charge in [-0.1, -0.05) is 6.07 Å². The zero-order valence-corrected chi connectivity index (χ0v) is 10.5. The quantitative estimate of drug-likeness (QED) is 0.624. The number of benzene rings is 1. The summed E-state index contributed by atoms with van der Waals surface area (Å²) in [4.78, 5) is 11.8. The van der Waals surface area contributed by atoms with E-state index in [1.54, 1.807) is 6.07 Å². The highest BCUT2D eigenvalue weighted by molar-refractivity contribution is 6.00. The van der Waals surface area contributed by atoms with Crippen LogP contribution in [0.5, 0.6) is 0 Å². The van der Waals surface area contributed by atoms with E-state index >= 15 is 0 Å². The molecule has 0 bridgehead atoms. The summed E-state index contributed by atoms with van der Waals surface area (Å²) >= 11 is 0. The molecule has 5 nitrogen and oxygen atoms in total. The standard InChI is InChI=1S/C13H18N2O3/c1-13(2)11-4-3-8(14-6-9(17)7-16)5-10(11)12(18)15-13/h3-5,9,14,16-17H,6-7H2,1-2H3,(H,15,18). The van der Waals surface area contributed by atoms with Gasteiger partial charge in [0.05, 0.1) is 18.2 Å². The first kappa shape index (κ1) is 12.9. The minimum Gasteiger partial charge on any atom is -0.394 e. The van der Waals surface area contributed by atoms with Gasteiger partial charge < -0.3 is 20.8 Å². The average Bonchev–Trinajstić information content (AvgIpc) is 2.56. The fourth-order valence-corrected chi connectivity index (χ4v) is 2.11. The molecule has 0 aromatic heterocycles. The van der Waals surface area contributed by atoms with Gasteiger partial charge in [-0.05, 0) is 31.5 Å². The van der Waals surface area contributed by atoms with Crippen molar-refractivity contribution < 1.29 is 15.0 Å². The van der Waals surface area contributed by atoms with E-state index < -0.39 is 6.10 Å². The third-order valence-corrected chi connectivity index (χ3v) is 3.12. The molecule has 0 saturated heterocycles. The molecular formula is C13H18N2O3. The van der Waals surface area contributed by atoms with Crippen LogP contribution in [0.3, 0.4) is 0 Å². The number of hydrogen-bond donors (Lipinski definition) is 4. The second kappa shape index (κ2) is 4.59. The fraction of sp³-hybridized carbons (Fsp3) is 0.462. The second-order valence-electron chi connectivity index (χ2n) is 5.06. The van der Waals surface area contributed by atoms with Crippen LogP contribution in [0.15, 0.2) is 18.2 Å². The maximum absolute atomic E-state index is 11.8. The lowest BCUT2D eigenvalue weighted by Gasteiger charge is -2.19. The number of aliphatic hydroxyl groups is 2. The summed E-state index contributed by atoms with van der Waals surface area (Å²) in [5.74, 6) is -0.0821. The third-order valence-electron chi connectivity index (χ3n) is 3.12. The van der Waals surface area contributed by atoms with E-state index in [1.807, 2.05) is 26.0 Å². The number of carbonyl (C=O) groups excluding carboxylic acids is 1. The predicted octanol–water partition coefficient (Wildman–Crippen LogP) is 0.430. The van der Waals surface area contributed by atoms with E-state index in [9.17, 15) is 9.90 Å². The Labute approximate surface area is 106 Å². The minimum absolute atomic E-state index is 0.0821. The zero-order valence-electron chi connectivity index (χ0n) is 10.5. The van der Waals surface area contributed by atoms with Crippen LogP contribution in [-0.2, 0) is 5.54 Å². The van der Waals surface area contributed by atoms with Gasteiger partial charge >= 0.3 is 0 Å². The molecule has 1 aliphatic heterocycles. The first-order valence-corrected chi connectivity index (χ1v) is 5.94. The number of aliphatic hydroxyl groups excluding tert-OH is 2. The molecule has 0 aliphatic carbocycles. The highest BCUT2D eigenvalue weighted by Crippen LogP contribution is 2.31. The number of nitrogens with one attached hydrogen (secondary N) is 2. The predicted molar refractivity (Wildman–Crippen MR) is 68.5 cm³/mol. The molecule has 0 saturated carbocycles. The van der Waals surface area contributed by atoms with E-state index in [2.05, 4.69) is 10.6 Å². The molecule has 1 aromatic carbocycles. The third kappa shape index (κ3) is 2.32. The number of hydrogen-bond acceptors (Lipinski definition) is 4. The minimum atomic E-state index is -0.802. The Balaban J connectivity index is 2.18. The molecule has 1 aromatic rings. The van der Waals surface area contributed by atoms with Crippen LogP contribution in [0, 0.1) is 0 Å². The maximum Gasteiger partial charge on any atom is 0.252 e. The van der Waals surface area contributed by atoms with Crippen LogP contribution in [0.1, 0.15) is 29.8 Å². The Morgan fingerprint density at radius 2 is 2.17 bits per heavy atom. The smallest absolute Gasteiger partial charge is 0.252 e. The Morgan fingerprint density at radius 3 is 2.83 bits per heavy atom. The molecule has 18 heavy (non-hydrogen) atoms. The van der Waals surface area contributed by atoms with Crippen molar-refractivity contribution in [3.63, 3.8) is 0 Å². The van der Waals surface area contributed by atoms with Gasteiger partial charge in [-0.15, -0.1) is 0 Å². The monoisotopic (exact) mass is 250 g/mol. The lowest BCUT2D eigenvalue weighted by molar-refractivity contribution is 0.0940. The van der Waals surface area contributed by atoms with Crippen LogP contribution in [0.4, 0.5) is 5.69 Å². The van der Waals surface area contributed by atoms with Crippen LogP contribution < -0.4 is 10.6 Å². The highest BCUT2D eigenvalue weighted by Gasteiger charge is 2.34. The molecule has 0 spiro atoms. The SMILES string of the molecule is CC1(C)NC(=O)c2cc(NCC(O)CO)ccc21. The summed E-state index contributed by atoms with van der Waals surface area (Å²) in [5, 5.41) is 23.9. The molecule has 2 rings (SSSR count). The molecule has 1 atom stereocenters.